The molecule has 0 aromatic rings. The molecule has 1 aliphatic heterocycles. The van der Waals surface area contributed by atoms with Gasteiger partial charge in [0.15, 0.2) is 0 Å². The lowest BCUT2D eigenvalue weighted by molar-refractivity contribution is 0.392. The zero-order chi connectivity index (χ0) is 8.43. The van der Waals surface area contributed by atoms with Gasteiger partial charge >= 0.3 is 0 Å². The molecule has 0 amide bonds. The first kappa shape index (κ1) is 8.38. The molecule has 0 aromatic heterocycles. The van der Waals surface area contributed by atoms with Crippen LogP contribution < -0.4 is 0 Å². The highest BCUT2D eigenvalue weighted by Gasteiger charge is 2.18. The van der Waals surface area contributed by atoms with E-state index in [4.69, 9.17) is 0 Å². The van der Waals surface area contributed by atoms with E-state index in [1.807, 2.05) is 0 Å². The van der Waals surface area contributed by atoms with E-state index in [1.54, 1.807) is 0 Å². The molecule has 1 rings (SSSR count). The average molecular weight is 151 g/mol. The topological polar surface area (TPSA) is 3.24 Å². The number of likely N-dealkylation sites (tertiary alicyclic amines) is 1. The Morgan fingerprint density at radius 2 is 1.73 bits per heavy atom. The van der Waals surface area contributed by atoms with Crippen LogP contribution in [0.15, 0.2) is 24.6 Å². The number of hydrogen-bond donors (Lipinski definition) is 0. The Morgan fingerprint density at radius 3 is 2.09 bits per heavy atom. The van der Waals surface area contributed by atoms with Crippen molar-refractivity contribution in [3.63, 3.8) is 0 Å². The number of allylic oxidation sites excluding steroid dienone is 2. The maximum absolute atomic E-state index is 4.00. The Labute approximate surface area is 69.4 Å². The van der Waals surface area contributed by atoms with Gasteiger partial charge < -0.3 is 4.90 Å². The molecule has 0 radical (unpaired) electrons. The maximum Gasteiger partial charge on any atom is 0.0247 e. The van der Waals surface area contributed by atoms with Gasteiger partial charge in [-0.3, -0.25) is 0 Å². The molecule has 1 aliphatic rings. The summed E-state index contributed by atoms with van der Waals surface area (Å²) in [5.74, 6) is 0.696. The molecule has 0 bridgehead atoms. The summed E-state index contributed by atoms with van der Waals surface area (Å²) < 4.78 is 0. The van der Waals surface area contributed by atoms with Crippen LogP contribution in [0.3, 0.4) is 0 Å². The standard InChI is InChI=1S/C10H17N/c1-8(2)7-11-9(3)5-6-10(11)4/h8H,3-7H2,1-2H3. The molecule has 62 valence electrons. The third-order valence-electron chi connectivity index (χ3n) is 2.01. The van der Waals surface area contributed by atoms with Crippen molar-refractivity contribution in [2.45, 2.75) is 26.7 Å². The second kappa shape index (κ2) is 3.12. The summed E-state index contributed by atoms with van der Waals surface area (Å²) in [6.45, 7) is 13.5. The van der Waals surface area contributed by atoms with Crippen molar-refractivity contribution in [3.8, 4) is 0 Å². The summed E-state index contributed by atoms with van der Waals surface area (Å²) in [6, 6.07) is 0. The SMILES string of the molecule is C=C1CCC(=C)N1CC(C)C. The molecule has 0 N–H and O–H groups in total. The fourth-order valence-electron chi connectivity index (χ4n) is 1.41. The Balaban J connectivity index is 2.55. The van der Waals surface area contributed by atoms with Crippen molar-refractivity contribution in [2.75, 3.05) is 6.54 Å². The largest absolute Gasteiger partial charge is 0.350 e. The average Bonchev–Trinajstić information content (AvgIpc) is 2.18. The lowest BCUT2D eigenvalue weighted by atomic mass is 10.2. The number of hydrogen-bond acceptors (Lipinski definition) is 1. The molecule has 1 heteroatoms. The van der Waals surface area contributed by atoms with Crippen LogP contribution in [-0.4, -0.2) is 11.4 Å². The van der Waals surface area contributed by atoms with Crippen LogP contribution in [-0.2, 0) is 0 Å². The van der Waals surface area contributed by atoms with E-state index in [9.17, 15) is 0 Å². The zero-order valence-corrected chi connectivity index (χ0v) is 7.56. The van der Waals surface area contributed by atoms with Crippen molar-refractivity contribution in [3.05, 3.63) is 24.6 Å². The fourth-order valence-corrected chi connectivity index (χ4v) is 1.41. The van der Waals surface area contributed by atoms with E-state index >= 15 is 0 Å². The molecule has 0 aromatic carbocycles. The minimum atomic E-state index is 0.696. The van der Waals surface area contributed by atoms with Gasteiger partial charge in [0.05, 0.1) is 0 Å². The number of nitrogens with zero attached hydrogens (tertiary/aromatic N) is 1. The first-order chi connectivity index (χ1) is 5.11. The van der Waals surface area contributed by atoms with Gasteiger partial charge in [-0.2, -0.15) is 0 Å². The van der Waals surface area contributed by atoms with E-state index in [0.29, 0.717) is 5.92 Å². The molecule has 1 heterocycles. The summed E-state index contributed by atoms with van der Waals surface area (Å²) in [7, 11) is 0. The molecule has 0 unspecified atom stereocenters. The van der Waals surface area contributed by atoms with Gasteiger partial charge in [-0.1, -0.05) is 27.0 Å². The van der Waals surface area contributed by atoms with Gasteiger partial charge in [0.2, 0.25) is 0 Å². The molecular formula is C10H17N. The quantitative estimate of drug-likeness (QED) is 0.586. The van der Waals surface area contributed by atoms with Crippen molar-refractivity contribution in [1.29, 1.82) is 0 Å². The summed E-state index contributed by atoms with van der Waals surface area (Å²) in [4.78, 5) is 2.25. The highest BCUT2D eigenvalue weighted by Crippen LogP contribution is 2.28. The van der Waals surface area contributed by atoms with E-state index in [-0.39, 0.29) is 0 Å². The summed E-state index contributed by atoms with van der Waals surface area (Å²) in [6.07, 6.45) is 2.21. The van der Waals surface area contributed by atoms with Crippen LogP contribution in [0.5, 0.6) is 0 Å². The highest BCUT2D eigenvalue weighted by molar-refractivity contribution is 5.15. The predicted octanol–water partition coefficient (Wildman–Crippen LogP) is 2.77. The fraction of sp³-hybridized carbons (Fsp3) is 0.600. The Hall–Kier alpha value is -0.720. The third-order valence-corrected chi connectivity index (χ3v) is 2.01. The van der Waals surface area contributed by atoms with Crippen LogP contribution in [0.4, 0.5) is 0 Å². The number of rotatable bonds is 2. The molecule has 0 spiro atoms. The third kappa shape index (κ3) is 1.86. The van der Waals surface area contributed by atoms with Gasteiger partial charge in [-0.15, -0.1) is 0 Å². The Morgan fingerprint density at radius 1 is 1.27 bits per heavy atom. The van der Waals surface area contributed by atoms with Crippen molar-refractivity contribution < 1.29 is 0 Å². The predicted molar refractivity (Wildman–Crippen MR) is 49.1 cm³/mol. The molecule has 1 fully saturated rings. The van der Waals surface area contributed by atoms with Crippen LogP contribution >= 0.6 is 0 Å². The van der Waals surface area contributed by atoms with Crippen molar-refractivity contribution in [1.82, 2.24) is 4.90 Å². The zero-order valence-electron chi connectivity index (χ0n) is 7.56. The van der Waals surface area contributed by atoms with Gasteiger partial charge in [-0.05, 0) is 18.8 Å². The van der Waals surface area contributed by atoms with E-state index in [0.717, 1.165) is 19.4 Å². The van der Waals surface area contributed by atoms with Crippen LogP contribution in [0.25, 0.3) is 0 Å². The van der Waals surface area contributed by atoms with E-state index in [1.165, 1.54) is 11.4 Å². The van der Waals surface area contributed by atoms with Crippen molar-refractivity contribution in [2.24, 2.45) is 5.92 Å². The van der Waals surface area contributed by atoms with Gasteiger partial charge in [-0.25, -0.2) is 0 Å². The molecule has 11 heavy (non-hydrogen) atoms. The molecular weight excluding hydrogens is 134 g/mol. The van der Waals surface area contributed by atoms with E-state index in [2.05, 4.69) is 31.9 Å². The molecule has 1 nitrogen and oxygen atoms in total. The van der Waals surface area contributed by atoms with Gasteiger partial charge in [0, 0.05) is 17.9 Å². The molecule has 0 atom stereocenters. The second-order valence-electron chi connectivity index (χ2n) is 3.64. The Bertz CT molecular complexity index is 163. The first-order valence-electron chi connectivity index (χ1n) is 4.24. The summed E-state index contributed by atoms with van der Waals surface area (Å²) >= 11 is 0. The van der Waals surface area contributed by atoms with Crippen LogP contribution in [0.2, 0.25) is 0 Å². The normalized spacial score (nSPS) is 18.6. The molecule has 0 saturated carbocycles. The molecule has 1 saturated heterocycles. The minimum Gasteiger partial charge on any atom is -0.350 e. The maximum atomic E-state index is 4.00. The van der Waals surface area contributed by atoms with E-state index < -0.39 is 0 Å². The van der Waals surface area contributed by atoms with Gasteiger partial charge in [0.1, 0.15) is 0 Å². The smallest absolute Gasteiger partial charge is 0.0247 e. The Kier molecular flexibility index (Phi) is 2.38. The monoisotopic (exact) mass is 151 g/mol. The summed E-state index contributed by atoms with van der Waals surface area (Å²) in [5.41, 5.74) is 2.48. The van der Waals surface area contributed by atoms with Crippen LogP contribution in [0.1, 0.15) is 26.7 Å². The highest BCUT2D eigenvalue weighted by atomic mass is 15.2. The summed E-state index contributed by atoms with van der Waals surface area (Å²) in [5, 5.41) is 0. The second-order valence-corrected chi connectivity index (χ2v) is 3.64. The lowest BCUT2D eigenvalue weighted by Crippen LogP contribution is -2.20. The first-order valence-corrected chi connectivity index (χ1v) is 4.24. The minimum absolute atomic E-state index is 0.696. The van der Waals surface area contributed by atoms with Gasteiger partial charge in [0.25, 0.3) is 0 Å². The molecule has 0 aliphatic carbocycles. The lowest BCUT2D eigenvalue weighted by Gasteiger charge is -2.22. The van der Waals surface area contributed by atoms with Crippen molar-refractivity contribution >= 4 is 0 Å². The van der Waals surface area contributed by atoms with Crippen LogP contribution in [0, 0.1) is 5.92 Å².